The van der Waals surface area contributed by atoms with Crippen LogP contribution in [-0.4, -0.2) is 74.5 Å². The van der Waals surface area contributed by atoms with Gasteiger partial charge in [-0.25, -0.2) is 0 Å². The number of fused-ring (bicyclic) bond motifs is 2. The van der Waals surface area contributed by atoms with E-state index in [1.807, 2.05) is 61.7 Å². The number of aromatic nitrogens is 5. The second-order valence-electron chi connectivity index (χ2n) is 13.1. The molecule has 0 amide bonds. The Morgan fingerprint density at radius 3 is 2.77 bits per heavy atom. The van der Waals surface area contributed by atoms with E-state index in [9.17, 15) is 4.79 Å². The summed E-state index contributed by atoms with van der Waals surface area (Å²) in [5, 5.41) is 17.5. The first-order valence-corrected chi connectivity index (χ1v) is 16.5. The van der Waals surface area contributed by atoms with Crippen LogP contribution >= 0.6 is 0 Å². The van der Waals surface area contributed by atoms with Crippen LogP contribution in [0.4, 0.5) is 11.9 Å². The second kappa shape index (κ2) is 14.4. The van der Waals surface area contributed by atoms with E-state index in [1.165, 1.54) is 0 Å². The van der Waals surface area contributed by atoms with Gasteiger partial charge in [0, 0.05) is 60.8 Å². The first-order valence-electron chi connectivity index (χ1n) is 16.5. The minimum atomic E-state index is 0.0942. The highest BCUT2D eigenvalue weighted by Gasteiger charge is 2.21. The van der Waals surface area contributed by atoms with Crippen LogP contribution in [0.15, 0.2) is 73.1 Å². The van der Waals surface area contributed by atoms with Crippen LogP contribution in [0.2, 0.25) is 0 Å². The van der Waals surface area contributed by atoms with E-state index in [0.717, 1.165) is 70.3 Å². The summed E-state index contributed by atoms with van der Waals surface area (Å²) >= 11 is 0. The first-order chi connectivity index (χ1) is 22.7. The number of ketones is 1. The number of carbonyl (C=O) groups is 1. The van der Waals surface area contributed by atoms with E-state index < -0.39 is 0 Å². The topological polar surface area (TPSA) is 112 Å². The number of nitrogens with one attached hydrogen (secondary N) is 3. The molecule has 1 fully saturated rings. The van der Waals surface area contributed by atoms with Gasteiger partial charge in [0.05, 0.1) is 11.9 Å². The largest absolute Gasteiger partial charge is 0.350 e. The zero-order chi connectivity index (χ0) is 32.9. The molecule has 47 heavy (non-hydrogen) atoms. The van der Waals surface area contributed by atoms with Crippen molar-refractivity contribution in [3.05, 3.63) is 89.8 Å². The molecule has 1 saturated heterocycles. The maximum atomic E-state index is 12.6. The number of rotatable bonds is 12. The molecule has 0 saturated carbocycles. The van der Waals surface area contributed by atoms with Gasteiger partial charge in [0.1, 0.15) is 0 Å². The normalized spacial score (nSPS) is 16.9. The van der Waals surface area contributed by atoms with Crippen molar-refractivity contribution < 1.29 is 4.79 Å². The van der Waals surface area contributed by atoms with Crippen molar-refractivity contribution in [3.63, 3.8) is 0 Å². The quantitative estimate of drug-likeness (QED) is 0.146. The van der Waals surface area contributed by atoms with Gasteiger partial charge in [-0.2, -0.15) is 19.6 Å². The molecule has 0 unspecified atom stereocenters. The molecule has 244 valence electrons. The number of likely N-dealkylation sites (N-methyl/N-ethyl adjacent to an activating group) is 1. The number of benzene rings is 2. The number of hydrogen-bond donors (Lipinski definition) is 3. The summed E-state index contributed by atoms with van der Waals surface area (Å²) in [7, 11) is 3.97. The molecule has 1 aliphatic rings. The molecule has 3 aromatic heterocycles. The maximum absolute atomic E-state index is 12.6. The molecule has 3 N–H and O–H groups in total. The Bertz CT molecular complexity index is 1890. The minimum absolute atomic E-state index is 0.0942. The lowest BCUT2D eigenvalue weighted by Crippen LogP contribution is -2.43. The summed E-state index contributed by atoms with van der Waals surface area (Å²) in [6.07, 6.45) is 9.86. The lowest BCUT2D eigenvalue weighted by molar-refractivity contribution is -0.114. The fraction of sp³-hybridized carbons (Fsp3) is 0.378. The number of hydrogen-bond acceptors (Lipinski definition) is 9. The molecule has 4 heterocycles. The summed E-state index contributed by atoms with van der Waals surface area (Å²) in [6.45, 7) is 8.68. The highest BCUT2D eigenvalue weighted by Crippen LogP contribution is 2.31. The van der Waals surface area contributed by atoms with Crippen molar-refractivity contribution in [1.29, 1.82) is 0 Å². The molecule has 1 aliphatic heterocycles. The molecule has 0 aliphatic carbocycles. The average molecular weight is 632 g/mol. The van der Waals surface area contributed by atoms with Crippen LogP contribution < -0.4 is 16.0 Å². The third-order valence-corrected chi connectivity index (χ3v) is 8.70. The number of pyridine rings is 1. The zero-order valence-electron chi connectivity index (χ0n) is 28.0. The minimum Gasteiger partial charge on any atom is -0.350 e. The van der Waals surface area contributed by atoms with Crippen LogP contribution in [0.1, 0.15) is 56.2 Å². The molecule has 2 atom stereocenters. The molecule has 0 radical (unpaired) electrons. The molecule has 2 aromatic carbocycles. The van der Waals surface area contributed by atoms with Crippen LogP contribution in [0, 0.1) is 0 Å². The Hall–Kier alpha value is -4.67. The Balaban J connectivity index is 1.26. The molecule has 5 aromatic rings. The Morgan fingerprint density at radius 2 is 1.98 bits per heavy atom. The van der Waals surface area contributed by atoms with Gasteiger partial charge in [-0.3, -0.25) is 9.78 Å². The highest BCUT2D eigenvalue weighted by molar-refractivity contribution is 5.97. The molecule has 0 bridgehead atoms. The third kappa shape index (κ3) is 7.66. The van der Waals surface area contributed by atoms with E-state index in [4.69, 9.17) is 15.0 Å². The van der Waals surface area contributed by atoms with E-state index >= 15 is 0 Å². The predicted molar refractivity (Wildman–Crippen MR) is 190 cm³/mol. The number of carbonyl (C=O) groups excluding carboxylic acids is 1. The van der Waals surface area contributed by atoms with Crippen molar-refractivity contribution in [3.8, 4) is 11.3 Å². The molecular formula is C37H45N9O. The lowest BCUT2D eigenvalue weighted by Gasteiger charge is -2.28. The van der Waals surface area contributed by atoms with Crippen LogP contribution in [0.5, 0.6) is 0 Å². The van der Waals surface area contributed by atoms with E-state index in [-0.39, 0.29) is 17.7 Å². The highest BCUT2D eigenvalue weighted by atomic mass is 16.1. The van der Waals surface area contributed by atoms with Gasteiger partial charge in [0.25, 0.3) is 0 Å². The monoisotopic (exact) mass is 631 g/mol. The Morgan fingerprint density at radius 1 is 1.13 bits per heavy atom. The Labute approximate surface area is 276 Å². The van der Waals surface area contributed by atoms with Crippen molar-refractivity contribution >= 4 is 34.1 Å². The number of allylic oxidation sites excluding steroid dienone is 1. The van der Waals surface area contributed by atoms with E-state index in [1.54, 1.807) is 10.6 Å². The number of anilines is 2. The predicted octanol–water partition coefficient (Wildman–Crippen LogP) is 5.86. The van der Waals surface area contributed by atoms with Crippen LogP contribution in [0.25, 0.3) is 27.7 Å². The number of nitrogens with zero attached hydrogens (tertiary/aromatic N) is 6. The standard InChI is InChI=1S/C37H45N9O/c1-24(2)33-23-41-46-35(33)43-36(42-29-14-12-25(3)39-22-29)44-37(46)40-21-28-9-6-7-11-31(28)34-32-15-13-26(19-27(32)16-17-38-34)20-30(47)10-8-18-45(4)5/h6-11,13,15-17,19,23-25,29,39H,12,14,18,20-22H2,1-5H3,(H2,40,42,43,44)/b10-8+/t25-,29-/m1/s1. The second-order valence-corrected chi connectivity index (χ2v) is 13.1. The summed E-state index contributed by atoms with van der Waals surface area (Å²) in [4.78, 5) is 29.2. The summed E-state index contributed by atoms with van der Waals surface area (Å²) in [5.74, 6) is 1.61. The molecule has 6 rings (SSSR count). The van der Waals surface area contributed by atoms with Crippen molar-refractivity contribution in [2.45, 2.75) is 64.6 Å². The average Bonchev–Trinajstić information content (AvgIpc) is 3.49. The van der Waals surface area contributed by atoms with Crippen LogP contribution in [0.3, 0.4) is 0 Å². The Kier molecular flexibility index (Phi) is 9.89. The van der Waals surface area contributed by atoms with Gasteiger partial charge < -0.3 is 20.9 Å². The first kappa shape index (κ1) is 32.3. The smallest absolute Gasteiger partial charge is 0.229 e. The van der Waals surface area contributed by atoms with Gasteiger partial charge in [0.2, 0.25) is 11.9 Å². The summed E-state index contributed by atoms with van der Waals surface area (Å²) in [5.41, 5.74) is 5.90. The SMILES string of the molecule is CC(C)c1cnn2c(NCc3ccccc3-c3nccc4cc(CC(=O)/C=C/CN(C)C)ccc34)nc(N[C@@H]3CC[C@@H](C)NC3)nc12. The van der Waals surface area contributed by atoms with Crippen molar-refractivity contribution in [2.75, 3.05) is 37.8 Å². The summed E-state index contributed by atoms with van der Waals surface area (Å²) in [6, 6.07) is 17.3. The van der Waals surface area contributed by atoms with E-state index in [0.29, 0.717) is 30.9 Å². The zero-order valence-corrected chi connectivity index (χ0v) is 28.0. The maximum Gasteiger partial charge on any atom is 0.229 e. The van der Waals surface area contributed by atoms with Gasteiger partial charge >= 0.3 is 0 Å². The van der Waals surface area contributed by atoms with Crippen molar-refractivity contribution in [2.24, 2.45) is 0 Å². The van der Waals surface area contributed by atoms with E-state index in [2.05, 4.69) is 66.1 Å². The van der Waals surface area contributed by atoms with Crippen LogP contribution in [-0.2, 0) is 17.8 Å². The number of piperidine rings is 1. The molecular weight excluding hydrogens is 586 g/mol. The lowest BCUT2D eigenvalue weighted by atomic mass is 9.97. The van der Waals surface area contributed by atoms with Gasteiger partial charge in [0.15, 0.2) is 11.4 Å². The fourth-order valence-corrected chi connectivity index (χ4v) is 6.07. The third-order valence-electron chi connectivity index (χ3n) is 8.70. The fourth-order valence-electron chi connectivity index (χ4n) is 6.07. The van der Waals surface area contributed by atoms with Crippen molar-refractivity contribution in [1.82, 2.24) is 34.8 Å². The van der Waals surface area contributed by atoms with Gasteiger partial charge in [-0.05, 0) is 68.4 Å². The molecule has 10 nitrogen and oxygen atoms in total. The van der Waals surface area contributed by atoms with Gasteiger partial charge in [-0.1, -0.05) is 62.4 Å². The molecule has 10 heteroatoms. The summed E-state index contributed by atoms with van der Waals surface area (Å²) < 4.78 is 1.80. The molecule has 0 spiro atoms. The van der Waals surface area contributed by atoms with Gasteiger partial charge in [-0.15, -0.1) is 0 Å².